The molecule has 1 aromatic carbocycles. The number of hydrogen-bond donors (Lipinski definition) is 2. The average molecular weight is 402 g/mol. The van der Waals surface area contributed by atoms with Crippen LogP contribution in [-0.4, -0.2) is 52.7 Å². The summed E-state index contributed by atoms with van der Waals surface area (Å²) in [7, 11) is 1.32. The van der Waals surface area contributed by atoms with Crippen LogP contribution in [0.5, 0.6) is 0 Å². The predicted octanol–water partition coefficient (Wildman–Crippen LogP) is 1.30. The molecule has 0 fully saturated rings. The average Bonchev–Trinajstić information content (AvgIpc) is 3.26. The molecule has 3 rings (SSSR count). The van der Waals surface area contributed by atoms with Gasteiger partial charge in [0.1, 0.15) is 5.69 Å². The van der Waals surface area contributed by atoms with Gasteiger partial charge in [-0.25, -0.2) is 12.7 Å². The van der Waals surface area contributed by atoms with Crippen molar-refractivity contribution in [3.63, 3.8) is 0 Å². The van der Waals surface area contributed by atoms with Gasteiger partial charge in [0.15, 0.2) is 0 Å². The van der Waals surface area contributed by atoms with Gasteiger partial charge < -0.3 is 5.32 Å². The molecule has 0 bridgehead atoms. The second-order valence-electron chi connectivity index (χ2n) is 6.58. The number of carbonyl (C=O) groups is 1. The zero-order valence-electron chi connectivity index (χ0n) is 16.1. The van der Waals surface area contributed by atoms with Crippen LogP contribution in [0.1, 0.15) is 21.7 Å². The highest BCUT2D eigenvalue weighted by Gasteiger charge is 2.17. The van der Waals surface area contributed by atoms with Crippen molar-refractivity contribution in [2.45, 2.75) is 18.4 Å². The van der Waals surface area contributed by atoms with E-state index in [2.05, 4.69) is 20.6 Å². The van der Waals surface area contributed by atoms with E-state index in [0.29, 0.717) is 11.4 Å². The Morgan fingerprint density at radius 1 is 1.25 bits per heavy atom. The van der Waals surface area contributed by atoms with E-state index in [1.165, 1.54) is 26.2 Å². The largest absolute Gasteiger partial charge is 0.347 e. The first-order chi connectivity index (χ1) is 13.2. The zero-order chi connectivity index (χ0) is 20.5. The van der Waals surface area contributed by atoms with E-state index in [1.807, 2.05) is 20.2 Å². The third kappa shape index (κ3) is 3.97. The molecular weight excluding hydrogens is 380 g/mol. The van der Waals surface area contributed by atoms with Crippen molar-refractivity contribution in [3.8, 4) is 11.3 Å². The van der Waals surface area contributed by atoms with E-state index < -0.39 is 10.0 Å². The van der Waals surface area contributed by atoms with Gasteiger partial charge in [-0.3, -0.25) is 14.6 Å². The fraction of sp³-hybridized carbons (Fsp3) is 0.278. The highest BCUT2D eigenvalue weighted by Crippen LogP contribution is 2.20. The van der Waals surface area contributed by atoms with Crippen molar-refractivity contribution < 1.29 is 13.2 Å². The maximum atomic E-state index is 12.4. The lowest BCUT2D eigenvalue weighted by molar-refractivity contribution is 0.0946. The quantitative estimate of drug-likeness (QED) is 0.645. The van der Waals surface area contributed by atoms with Crippen LogP contribution in [0.25, 0.3) is 11.3 Å². The van der Waals surface area contributed by atoms with Gasteiger partial charge in [0, 0.05) is 39.4 Å². The van der Waals surface area contributed by atoms with Crippen molar-refractivity contribution in [2.75, 3.05) is 14.1 Å². The standard InChI is InChI=1S/C18H22N6O3S/c1-12-15(11-24(4)22-12)16-9-17(21-20-16)18(25)19-10-13-5-7-14(8-6-13)28(26,27)23(2)3/h5-9,11H,10H2,1-4H3,(H,19,25)(H,20,21). The Morgan fingerprint density at radius 2 is 1.93 bits per heavy atom. The van der Waals surface area contributed by atoms with Gasteiger partial charge >= 0.3 is 0 Å². The third-order valence-corrected chi connectivity index (χ3v) is 6.10. The maximum Gasteiger partial charge on any atom is 0.269 e. The number of aromatic nitrogens is 4. The van der Waals surface area contributed by atoms with Crippen LogP contribution in [0.15, 0.2) is 41.4 Å². The Morgan fingerprint density at radius 3 is 2.50 bits per heavy atom. The molecule has 0 saturated carbocycles. The molecule has 0 aliphatic rings. The highest BCUT2D eigenvalue weighted by atomic mass is 32.2. The van der Waals surface area contributed by atoms with Gasteiger partial charge in [0.2, 0.25) is 10.0 Å². The number of hydrogen-bond acceptors (Lipinski definition) is 5. The van der Waals surface area contributed by atoms with Crippen molar-refractivity contribution in [1.29, 1.82) is 0 Å². The molecule has 0 atom stereocenters. The minimum absolute atomic E-state index is 0.206. The van der Waals surface area contributed by atoms with Crippen LogP contribution in [-0.2, 0) is 23.6 Å². The lowest BCUT2D eigenvalue weighted by Gasteiger charge is -2.11. The maximum absolute atomic E-state index is 12.4. The van der Waals surface area contributed by atoms with Gasteiger partial charge in [-0.1, -0.05) is 12.1 Å². The molecule has 0 radical (unpaired) electrons. The number of H-pyrrole nitrogens is 1. The summed E-state index contributed by atoms with van der Waals surface area (Å²) in [5.74, 6) is -0.301. The Hall–Kier alpha value is -2.98. The molecule has 1 amide bonds. The number of amides is 1. The zero-order valence-corrected chi connectivity index (χ0v) is 16.9. The highest BCUT2D eigenvalue weighted by molar-refractivity contribution is 7.89. The Bertz CT molecular complexity index is 1100. The number of nitrogens with zero attached hydrogens (tertiary/aromatic N) is 4. The fourth-order valence-corrected chi connectivity index (χ4v) is 3.60. The van der Waals surface area contributed by atoms with Crippen molar-refractivity contribution >= 4 is 15.9 Å². The van der Waals surface area contributed by atoms with E-state index in [1.54, 1.807) is 22.9 Å². The summed E-state index contributed by atoms with van der Waals surface area (Å²) >= 11 is 0. The van der Waals surface area contributed by atoms with Gasteiger partial charge in [-0.2, -0.15) is 10.2 Å². The monoisotopic (exact) mass is 402 g/mol. The van der Waals surface area contributed by atoms with Crippen molar-refractivity contribution in [3.05, 3.63) is 53.5 Å². The Labute approximate surface area is 163 Å². The molecule has 148 valence electrons. The molecule has 28 heavy (non-hydrogen) atoms. The van der Waals surface area contributed by atoms with E-state index >= 15 is 0 Å². The summed E-state index contributed by atoms with van der Waals surface area (Å²) < 4.78 is 27.0. The number of aromatic amines is 1. The SMILES string of the molecule is Cc1nn(C)cc1-c1cc(C(=O)NCc2ccc(S(=O)(=O)N(C)C)cc2)[nH]n1. The van der Waals surface area contributed by atoms with E-state index in [4.69, 9.17) is 0 Å². The topological polar surface area (TPSA) is 113 Å². The van der Waals surface area contributed by atoms with Crippen LogP contribution in [0.2, 0.25) is 0 Å². The minimum atomic E-state index is -3.47. The molecular formula is C18H22N6O3S. The summed E-state index contributed by atoms with van der Waals surface area (Å²) in [6, 6.07) is 8.07. The number of sulfonamides is 1. The molecule has 10 heteroatoms. The molecule has 2 heterocycles. The van der Waals surface area contributed by atoms with Crippen molar-refractivity contribution in [1.82, 2.24) is 29.6 Å². The Balaban J connectivity index is 1.66. The second kappa shape index (κ2) is 7.56. The first-order valence-electron chi connectivity index (χ1n) is 8.54. The lowest BCUT2D eigenvalue weighted by atomic mass is 10.2. The van der Waals surface area contributed by atoms with Gasteiger partial charge in [-0.05, 0) is 30.7 Å². The summed E-state index contributed by atoms with van der Waals surface area (Å²) in [6.07, 6.45) is 1.84. The molecule has 0 aliphatic heterocycles. The van der Waals surface area contributed by atoms with E-state index in [-0.39, 0.29) is 17.3 Å². The summed E-state index contributed by atoms with van der Waals surface area (Å²) in [5, 5.41) is 14.0. The number of nitrogens with one attached hydrogen (secondary N) is 2. The lowest BCUT2D eigenvalue weighted by Crippen LogP contribution is -2.24. The summed E-state index contributed by atoms with van der Waals surface area (Å²) in [6.45, 7) is 2.14. The molecule has 2 aromatic heterocycles. The van der Waals surface area contributed by atoms with Crippen LogP contribution in [0, 0.1) is 6.92 Å². The predicted molar refractivity (Wildman–Crippen MR) is 104 cm³/mol. The first-order valence-corrected chi connectivity index (χ1v) is 9.98. The summed E-state index contributed by atoms with van der Waals surface area (Å²) in [4.78, 5) is 12.6. The molecule has 0 aliphatic carbocycles. The van der Waals surface area contributed by atoms with Gasteiger partial charge in [0.05, 0.1) is 16.3 Å². The first kappa shape index (κ1) is 19.8. The normalized spacial score (nSPS) is 11.8. The molecule has 0 saturated heterocycles. The minimum Gasteiger partial charge on any atom is -0.347 e. The number of benzene rings is 1. The van der Waals surface area contributed by atoms with Crippen LogP contribution >= 0.6 is 0 Å². The van der Waals surface area contributed by atoms with E-state index in [9.17, 15) is 13.2 Å². The molecule has 0 unspecified atom stereocenters. The smallest absolute Gasteiger partial charge is 0.269 e. The second-order valence-corrected chi connectivity index (χ2v) is 8.73. The Kier molecular flexibility index (Phi) is 5.34. The van der Waals surface area contributed by atoms with Crippen molar-refractivity contribution in [2.24, 2.45) is 7.05 Å². The van der Waals surface area contributed by atoms with Crippen LogP contribution in [0.4, 0.5) is 0 Å². The third-order valence-electron chi connectivity index (χ3n) is 4.27. The molecule has 0 spiro atoms. The number of aryl methyl sites for hydroxylation is 2. The molecule has 3 aromatic rings. The van der Waals surface area contributed by atoms with Gasteiger partial charge in [-0.15, -0.1) is 0 Å². The molecule has 9 nitrogen and oxygen atoms in total. The fourth-order valence-electron chi connectivity index (χ4n) is 2.69. The van der Waals surface area contributed by atoms with E-state index in [0.717, 1.165) is 21.1 Å². The van der Waals surface area contributed by atoms with Crippen LogP contribution < -0.4 is 5.32 Å². The molecule has 2 N–H and O–H groups in total. The van der Waals surface area contributed by atoms with Crippen LogP contribution in [0.3, 0.4) is 0 Å². The van der Waals surface area contributed by atoms with Gasteiger partial charge in [0.25, 0.3) is 5.91 Å². The number of rotatable bonds is 6. The number of carbonyl (C=O) groups excluding carboxylic acids is 1. The summed E-state index contributed by atoms with van der Waals surface area (Å²) in [5.41, 5.74) is 3.46.